The SMILES string of the molecule is CCC(C)(C)C(=O)C1CCCC(S(C)(=O)=O)C1. The second kappa shape index (κ2) is 5.09. The zero-order valence-corrected chi connectivity index (χ0v) is 12.1. The molecule has 0 aromatic rings. The molecule has 100 valence electrons. The molecule has 3 nitrogen and oxygen atoms in total. The van der Waals surface area contributed by atoms with Gasteiger partial charge in [-0.2, -0.15) is 0 Å². The Morgan fingerprint density at radius 2 is 1.88 bits per heavy atom. The van der Waals surface area contributed by atoms with Crippen LogP contribution in [0.25, 0.3) is 0 Å². The van der Waals surface area contributed by atoms with Crippen LogP contribution in [0.2, 0.25) is 0 Å². The first-order valence-electron chi connectivity index (χ1n) is 6.41. The van der Waals surface area contributed by atoms with Gasteiger partial charge in [0.2, 0.25) is 0 Å². The maximum Gasteiger partial charge on any atom is 0.150 e. The molecule has 0 N–H and O–H groups in total. The van der Waals surface area contributed by atoms with Gasteiger partial charge in [-0.15, -0.1) is 0 Å². The molecule has 0 saturated heterocycles. The molecule has 1 fully saturated rings. The van der Waals surface area contributed by atoms with E-state index in [-0.39, 0.29) is 22.4 Å². The molecule has 1 aliphatic rings. The number of carbonyl (C=O) groups is 1. The molecular formula is C13H24O3S. The third-order valence-electron chi connectivity index (χ3n) is 4.15. The van der Waals surface area contributed by atoms with E-state index in [0.717, 1.165) is 25.7 Å². The fourth-order valence-electron chi connectivity index (χ4n) is 2.50. The van der Waals surface area contributed by atoms with Crippen LogP contribution in [0.15, 0.2) is 0 Å². The van der Waals surface area contributed by atoms with Crippen LogP contribution < -0.4 is 0 Å². The molecule has 17 heavy (non-hydrogen) atoms. The Balaban J connectivity index is 2.78. The van der Waals surface area contributed by atoms with Crippen LogP contribution in [-0.4, -0.2) is 25.7 Å². The fraction of sp³-hybridized carbons (Fsp3) is 0.923. The van der Waals surface area contributed by atoms with Gasteiger partial charge < -0.3 is 0 Å². The van der Waals surface area contributed by atoms with E-state index in [9.17, 15) is 13.2 Å². The van der Waals surface area contributed by atoms with Gasteiger partial charge >= 0.3 is 0 Å². The minimum atomic E-state index is -3.00. The number of hydrogen-bond donors (Lipinski definition) is 0. The van der Waals surface area contributed by atoms with Gasteiger partial charge in [-0.25, -0.2) is 8.42 Å². The van der Waals surface area contributed by atoms with E-state index in [0.29, 0.717) is 6.42 Å². The zero-order chi connectivity index (χ0) is 13.3. The highest BCUT2D eigenvalue weighted by Gasteiger charge is 2.37. The van der Waals surface area contributed by atoms with Gasteiger partial charge in [0.15, 0.2) is 0 Å². The smallest absolute Gasteiger partial charge is 0.150 e. The molecule has 2 atom stereocenters. The standard InChI is InChI=1S/C13H24O3S/c1-5-13(2,3)12(14)10-7-6-8-11(9-10)17(4,15)16/h10-11H,5-9H2,1-4H3. The second-order valence-electron chi connectivity index (χ2n) is 5.92. The predicted molar refractivity (Wildman–Crippen MR) is 69.7 cm³/mol. The summed E-state index contributed by atoms with van der Waals surface area (Å²) in [4.78, 5) is 12.3. The van der Waals surface area contributed by atoms with Crippen molar-refractivity contribution < 1.29 is 13.2 Å². The van der Waals surface area contributed by atoms with E-state index in [1.54, 1.807) is 0 Å². The molecule has 0 aromatic heterocycles. The molecule has 1 saturated carbocycles. The Morgan fingerprint density at radius 3 is 2.35 bits per heavy atom. The van der Waals surface area contributed by atoms with Gasteiger partial charge in [-0.3, -0.25) is 4.79 Å². The summed E-state index contributed by atoms with van der Waals surface area (Å²) in [7, 11) is -3.00. The Kier molecular flexibility index (Phi) is 4.39. The Labute approximate surface area is 105 Å². The number of sulfone groups is 1. The van der Waals surface area contributed by atoms with Crippen LogP contribution in [0.1, 0.15) is 52.9 Å². The Bertz CT molecular complexity index is 381. The Morgan fingerprint density at radius 1 is 1.29 bits per heavy atom. The topological polar surface area (TPSA) is 51.2 Å². The van der Waals surface area contributed by atoms with Crippen LogP contribution in [0, 0.1) is 11.3 Å². The average molecular weight is 260 g/mol. The van der Waals surface area contributed by atoms with E-state index in [1.165, 1.54) is 6.26 Å². The van der Waals surface area contributed by atoms with Crippen molar-refractivity contribution in [2.45, 2.75) is 58.1 Å². The maximum atomic E-state index is 12.3. The molecule has 0 aliphatic heterocycles. The minimum absolute atomic E-state index is 0.0570. The van der Waals surface area contributed by atoms with E-state index in [2.05, 4.69) is 0 Å². The molecular weight excluding hydrogens is 236 g/mol. The fourth-order valence-corrected chi connectivity index (χ4v) is 3.68. The van der Waals surface area contributed by atoms with Crippen molar-refractivity contribution in [3.8, 4) is 0 Å². The third kappa shape index (κ3) is 3.54. The lowest BCUT2D eigenvalue weighted by Crippen LogP contribution is -2.37. The van der Waals surface area contributed by atoms with E-state index in [1.807, 2.05) is 20.8 Å². The summed E-state index contributed by atoms with van der Waals surface area (Å²) in [5.41, 5.74) is -0.315. The lowest BCUT2D eigenvalue weighted by Gasteiger charge is -2.32. The molecule has 0 spiro atoms. The highest BCUT2D eigenvalue weighted by molar-refractivity contribution is 7.91. The molecule has 0 amide bonds. The monoisotopic (exact) mass is 260 g/mol. The van der Waals surface area contributed by atoms with Gasteiger partial charge in [-0.05, 0) is 25.7 Å². The lowest BCUT2D eigenvalue weighted by molar-refractivity contribution is -0.132. The second-order valence-corrected chi connectivity index (χ2v) is 8.24. The average Bonchev–Trinajstić information content (AvgIpc) is 2.27. The summed E-state index contributed by atoms with van der Waals surface area (Å²) in [6.07, 6.45) is 5.06. The normalized spacial score (nSPS) is 26.8. The molecule has 1 rings (SSSR count). The number of hydrogen-bond acceptors (Lipinski definition) is 3. The summed E-state index contributed by atoms with van der Waals surface area (Å²) < 4.78 is 23.1. The van der Waals surface area contributed by atoms with Gasteiger partial charge in [-0.1, -0.05) is 27.2 Å². The molecule has 0 bridgehead atoms. The molecule has 4 heteroatoms. The van der Waals surface area contributed by atoms with Gasteiger partial charge in [0.25, 0.3) is 0 Å². The Hall–Kier alpha value is -0.380. The first-order chi connectivity index (χ1) is 7.68. The maximum absolute atomic E-state index is 12.3. The van der Waals surface area contributed by atoms with Crippen LogP contribution in [0.3, 0.4) is 0 Å². The van der Waals surface area contributed by atoms with Crippen molar-refractivity contribution in [3.05, 3.63) is 0 Å². The summed E-state index contributed by atoms with van der Waals surface area (Å²) in [5.74, 6) is 0.187. The van der Waals surface area contributed by atoms with E-state index >= 15 is 0 Å². The molecule has 0 heterocycles. The van der Waals surface area contributed by atoms with Crippen molar-refractivity contribution in [3.63, 3.8) is 0 Å². The number of rotatable bonds is 4. The summed E-state index contributed by atoms with van der Waals surface area (Å²) in [6, 6.07) is 0. The zero-order valence-electron chi connectivity index (χ0n) is 11.3. The van der Waals surface area contributed by atoms with Crippen molar-refractivity contribution in [2.75, 3.05) is 6.26 Å². The first kappa shape index (κ1) is 14.7. The predicted octanol–water partition coefficient (Wildman–Crippen LogP) is 2.60. The van der Waals surface area contributed by atoms with Crippen LogP contribution >= 0.6 is 0 Å². The lowest BCUT2D eigenvalue weighted by atomic mass is 9.74. The van der Waals surface area contributed by atoms with Crippen LogP contribution in [0.5, 0.6) is 0 Å². The quantitative estimate of drug-likeness (QED) is 0.780. The van der Waals surface area contributed by atoms with E-state index in [4.69, 9.17) is 0 Å². The minimum Gasteiger partial charge on any atom is -0.299 e. The number of ketones is 1. The molecule has 0 aromatic carbocycles. The van der Waals surface area contributed by atoms with Crippen LogP contribution in [-0.2, 0) is 14.6 Å². The summed E-state index contributed by atoms with van der Waals surface area (Å²) in [5, 5.41) is -0.308. The summed E-state index contributed by atoms with van der Waals surface area (Å²) >= 11 is 0. The molecule has 0 radical (unpaired) electrons. The van der Waals surface area contributed by atoms with Crippen molar-refractivity contribution in [1.82, 2.24) is 0 Å². The van der Waals surface area contributed by atoms with Crippen molar-refractivity contribution in [2.24, 2.45) is 11.3 Å². The number of Topliss-reactive ketones (excluding diaryl/α,β-unsaturated/α-hetero) is 1. The van der Waals surface area contributed by atoms with E-state index < -0.39 is 9.84 Å². The third-order valence-corrected chi connectivity index (χ3v) is 5.79. The highest BCUT2D eigenvalue weighted by atomic mass is 32.2. The largest absolute Gasteiger partial charge is 0.299 e. The molecule has 2 unspecified atom stereocenters. The first-order valence-corrected chi connectivity index (χ1v) is 8.37. The van der Waals surface area contributed by atoms with Gasteiger partial charge in [0, 0.05) is 17.6 Å². The van der Waals surface area contributed by atoms with Gasteiger partial charge in [0.05, 0.1) is 5.25 Å². The molecule has 1 aliphatic carbocycles. The van der Waals surface area contributed by atoms with Gasteiger partial charge in [0.1, 0.15) is 15.6 Å². The van der Waals surface area contributed by atoms with Crippen molar-refractivity contribution >= 4 is 15.6 Å². The van der Waals surface area contributed by atoms with Crippen molar-refractivity contribution in [1.29, 1.82) is 0 Å². The van der Waals surface area contributed by atoms with Crippen LogP contribution in [0.4, 0.5) is 0 Å². The summed E-state index contributed by atoms with van der Waals surface area (Å²) in [6.45, 7) is 5.92. The number of carbonyl (C=O) groups excluding carboxylic acids is 1. The highest BCUT2D eigenvalue weighted by Crippen LogP contribution is 2.35.